The van der Waals surface area contributed by atoms with Gasteiger partial charge in [-0.15, -0.1) is 6.58 Å². The maximum Gasteiger partial charge on any atom is 0.249 e. The standard InChI is InChI=1S/C22H27BrN4O3/c1-4-12-26(22(29)15(2)3)14-19(28)27-13-6-5-7-18(27)21-24-20(25-30-21)16-8-10-17(23)11-9-16/h4,8-11,15,18H,1,5-7,12-14H2,2-3H3. The minimum absolute atomic E-state index is 0.0211. The predicted molar refractivity (Wildman–Crippen MR) is 117 cm³/mol. The van der Waals surface area contributed by atoms with E-state index in [9.17, 15) is 9.59 Å². The fraction of sp³-hybridized carbons (Fsp3) is 0.455. The first kappa shape index (κ1) is 22.2. The highest BCUT2D eigenvalue weighted by molar-refractivity contribution is 9.10. The number of carbonyl (C=O) groups excluding carboxylic acids is 2. The minimum atomic E-state index is -0.275. The number of hydrogen-bond acceptors (Lipinski definition) is 5. The van der Waals surface area contributed by atoms with Crippen LogP contribution in [0.4, 0.5) is 0 Å². The number of piperidine rings is 1. The Morgan fingerprint density at radius 2 is 2.07 bits per heavy atom. The van der Waals surface area contributed by atoms with Gasteiger partial charge >= 0.3 is 0 Å². The molecule has 2 heterocycles. The number of rotatable bonds is 7. The third kappa shape index (κ3) is 5.16. The van der Waals surface area contributed by atoms with E-state index in [0.29, 0.717) is 24.8 Å². The number of likely N-dealkylation sites (tertiary alicyclic amines) is 1. The Labute approximate surface area is 185 Å². The Morgan fingerprint density at radius 1 is 1.33 bits per heavy atom. The highest BCUT2D eigenvalue weighted by Crippen LogP contribution is 2.31. The summed E-state index contributed by atoms with van der Waals surface area (Å²) < 4.78 is 6.52. The van der Waals surface area contributed by atoms with Gasteiger partial charge in [-0.2, -0.15) is 4.98 Å². The zero-order valence-corrected chi connectivity index (χ0v) is 19.0. The van der Waals surface area contributed by atoms with Crippen molar-refractivity contribution in [1.82, 2.24) is 19.9 Å². The van der Waals surface area contributed by atoms with Crippen molar-refractivity contribution in [3.63, 3.8) is 0 Å². The van der Waals surface area contributed by atoms with E-state index in [2.05, 4.69) is 32.6 Å². The van der Waals surface area contributed by atoms with Gasteiger partial charge in [-0.05, 0) is 43.5 Å². The number of benzene rings is 1. The van der Waals surface area contributed by atoms with Crippen LogP contribution in [0.5, 0.6) is 0 Å². The Kier molecular flexibility index (Phi) is 7.42. The van der Waals surface area contributed by atoms with Crippen LogP contribution in [0.2, 0.25) is 0 Å². The molecule has 0 N–H and O–H groups in total. The largest absolute Gasteiger partial charge is 0.337 e. The van der Waals surface area contributed by atoms with E-state index in [0.717, 1.165) is 29.3 Å². The van der Waals surface area contributed by atoms with E-state index in [1.807, 2.05) is 38.1 Å². The second kappa shape index (κ2) is 10.0. The van der Waals surface area contributed by atoms with Gasteiger partial charge < -0.3 is 14.3 Å². The average Bonchev–Trinajstić information content (AvgIpc) is 3.23. The molecule has 2 aromatic rings. The Balaban J connectivity index is 1.77. The van der Waals surface area contributed by atoms with Crippen LogP contribution in [0.1, 0.15) is 45.0 Å². The van der Waals surface area contributed by atoms with Crippen molar-refractivity contribution in [2.45, 2.75) is 39.2 Å². The van der Waals surface area contributed by atoms with Crippen LogP contribution in [0.15, 0.2) is 45.9 Å². The molecule has 1 unspecified atom stereocenters. The van der Waals surface area contributed by atoms with Gasteiger partial charge in [0, 0.05) is 29.0 Å². The van der Waals surface area contributed by atoms with E-state index in [1.165, 1.54) is 0 Å². The van der Waals surface area contributed by atoms with Gasteiger partial charge in [0.15, 0.2) is 0 Å². The second-order valence-electron chi connectivity index (χ2n) is 7.72. The van der Waals surface area contributed by atoms with Gasteiger partial charge in [-0.25, -0.2) is 0 Å². The molecular formula is C22H27BrN4O3. The highest BCUT2D eigenvalue weighted by atomic mass is 79.9. The topological polar surface area (TPSA) is 79.5 Å². The average molecular weight is 475 g/mol. The first-order chi connectivity index (χ1) is 14.4. The lowest BCUT2D eigenvalue weighted by Gasteiger charge is -2.35. The zero-order valence-electron chi connectivity index (χ0n) is 17.4. The number of hydrogen-bond donors (Lipinski definition) is 0. The maximum atomic E-state index is 13.1. The fourth-order valence-corrected chi connectivity index (χ4v) is 3.85. The highest BCUT2D eigenvalue weighted by Gasteiger charge is 2.33. The molecule has 2 amide bonds. The molecule has 1 fully saturated rings. The van der Waals surface area contributed by atoms with Crippen molar-refractivity contribution >= 4 is 27.7 Å². The molecule has 30 heavy (non-hydrogen) atoms. The van der Waals surface area contributed by atoms with E-state index < -0.39 is 0 Å². The van der Waals surface area contributed by atoms with Crippen LogP contribution in [0.25, 0.3) is 11.4 Å². The van der Waals surface area contributed by atoms with Crippen molar-refractivity contribution in [3.05, 3.63) is 47.3 Å². The zero-order chi connectivity index (χ0) is 21.7. The third-order valence-corrected chi connectivity index (χ3v) is 5.66. The van der Waals surface area contributed by atoms with E-state index in [-0.39, 0.29) is 30.3 Å². The molecule has 1 aliphatic heterocycles. The van der Waals surface area contributed by atoms with Gasteiger partial charge in [-0.1, -0.05) is 41.0 Å². The number of nitrogens with zero attached hydrogens (tertiary/aromatic N) is 4. The van der Waals surface area contributed by atoms with Crippen LogP contribution in [-0.2, 0) is 9.59 Å². The van der Waals surface area contributed by atoms with Gasteiger partial charge in [0.25, 0.3) is 0 Å². The summed E-state index contributed by atoms with van der Waals surface area (Å²) in [6.07, 6.45) is 4.29. The normalized spacial score (nSPS) is 16.5. The number of amides is 2. The fourth-order valence-electron chi connectivity index (χ4n) is 3.58. The summed E-state index contributed by atoms with van der Waals surface area (Å²) in [5.41, 5.74) is 0.849. The molecule has 0 aliphatic carbocycles. The molecule has 160 valence electrons. The number of aromatic nitrogens is 2. The third-order valence-electron chi connectivity index (χ3n) is 5.13. The quantitative estimate of drug-likeness (QED) is 0.561. The van der Waals surface area contributed by atoms with Crippen LogP contribution < -0.4 is 0 Å². The maximum absolute atomic E-state index is 13.1. The molecule has 0 radical (unpaired) electrons. The molecule has 1 saturated heterocycles. The van der Waals surface area contributed by atoms with Gasteiger partial charge in [0.2, 0.25) is 23.5 Å². The SMILES string of the molecule is C=CCN(CC(=O)N1CCCCC1c1nc(-c2ccc(Br)cc2)no1)C(=O)C(C)C. The molecule has 0 saturated carbocycles. The van der Waals surface area contributed by atoms with E-state index in [4.69, 9.17) is 4.52 Å². The number of halogens is 1. The van der Waals surface area contributed by atoms with E-state index >= 15 is 0 Å². The summed E-state index contributed by atoms with van der Waals surface area (Å²) in [5.74, 6) is 0.579. The summed E-state index contributed by atoms with van der Waals surface area (Å²) in [4.78, 5) is 33.4. The molecule has 1 aromatic heterocycles. The molecular weight excluding hydrogens is 448 g/mol. The second-order valence-corrected chi connectivity index (χ2v) is 8.64. The van der Waals surface area contributed by atoms with Crippen molar-refractivity contribution in [1.29, 1.82) is 0 Å². The molecule has 0 bridgehead atoms. The van der Waals surface area contributed by atoms with Gasteiger partial charge in [0.1, 0.15) is 12.6 Å². The van der Waals surface area contributed by atoms with Crippen molar-refractivity contribution in [2.75, 3.05) is 19.6 Å². The van der Waals surface area contributed by atoms with Crippen LogP contribution >= 0.6 is 15.9 Å². The predicted octanol–water partition coefficient (Wildman–Crippen LogP) is 4.22. The lowest BCUT2D eigenvalue weighted by Crippen LogP contribution is -2.47. The molecule has 3 rings (SSSR count). The van der Waals surface area contributed by atoms with Crippen molar-refractivity contribution in [3.8, 4) is 11.4 Å². The van der Waals surface area contributed by atoms with Crippen molar-refractivity contribution < 1.29 is 14.1 Å². The first-order valence-electron chi connectivity index (χ1n) is 10.2. The summed E-state index contributed by atoms with van der Waals surface area (Å²) >= 11 is 3.42. The van der Waals surface area contributed by atoms with Crippen molar-refractivity contribution in [2.24, 2.45) is 5.92 Å². The Morgan fingerprint density at radius 3 is 2.73 bits per heavy atom. The molecule has 7 nitrogen and oxygen atoms in total. The molecule has 8 heteroatoms. The van der Waals surface area contributed by atoms with Crippen LogP contribution in [0.3, 0.4) is 0 Å². The Bertz CT molecular complexity index is 894. The molecule has 1 aliphatic rings. The molecule has 0 spiro atoms. The molecule has 1 aromatic carbocycles. The van der Waals surface area contributed by atoms with E-state index in [1.54, 1.807) is 15.9 Å². The minimum Gasteiger partial charge on any atom is -0.337 e. The lowest BCUT2D eigenvalue weighted by atomic mass is 10.0. The van der Waals surface area contributed by atoms with Gasteiger partial charge in [-0.3, -0.25) is 9.59 Å². The number of carbonyl (C=O) groups is 2. The smallest absolute Gasteiger partial charge is 0.249 e. The first-order valence-corrected chi connectivity index (χ1v) is 11.0. The summed E-state index contributed by atoms with van der Waals surface area (Å²) in [5, 5.41) is 4.11. The van der Waals surface area contributed by atoms with Crippen LogP contribution in [0, 0.1) is 5.92 Å². The van der Waals surface area contributed by atoms with Crippen LogP contribution in [-0.4, -0.2) is 51.4 Å². The van der Waals surface area contributed by atoms with Gasteiger partial charge in [0.05, 0.1) is 0 Å². The Hall–Kier alpha value is -2.48. The molecule has 1 atom stereocenters. The summed E-state index contributed by atoms with van der Waals surface area (Å²) in [6.45, 7) is 8.33. The summed E-state index contributed by atoms with van der Waals surface area (Å²) in [7, 11) is 0. The summed E-state index contributed by atoms with van der Waals surface area (Å²) in [6, 6.07) is 7.38. The monoisotopic (exact) mass is 474 g/mol. The lowest BCUT2D eigenvalue weighted by molar-refractivity contribution is -0.144.